The van der Waals surface area contributed by atoms with Crippen molar-refractivity contribution >= 4 is 18.0 Å². The van der Waals surface area contributed by atoms with Crippen molar-refractivity contribution in [2.75, 3.05) is 0 Å². The molecule has 0 radical (unpaired) electrons. The molecule has 2 rings (SSSR count). The number of hydrogen-bond donors (Lipinski definition) is 0. The summed E-state index contributed by atoms with van der Waals surface area (Å²) in [4.78, 5) is 23.5. The van der Waals surface area contributed by atoms with E-state index in [2.05, 4.69) is 4.74 Å². The van der Waals surface area contributed by atoms with Gasteiger partial charge < -0.3 is 14.2 Å². The second-order valence-electron chi connectivity index (χ2n) is 4.86. The van der Waals surface area contributed by atoms with E-state index in [0.717, 1.165) is 18.2 Å². The van der Waals surface area contributed by atoms with E-state index in [9.17, 15) is 22.8 Å². The Bertz CT molecular complexity index is 624. The molecule has 0 aromatic heterocycles. The lowest BCUT2D eigenvalue weighted by Crippen LogP contribution is -2.41. The summed E-state index contributed by atoms with van der Waals surface area (Å²) in [7, 11) is 0. The fourth-order valence-electron chi connectivity index (χ4n) is 1.75. The van der Waals surface area contributed by atoms with Gasteiger partial charge in [-0.3, -0.25) is 0 Å². The fourth-order valence-corrected chi connectivity index (χ4v) is 1.75. The van der Waals surface area contributed by atoms with Crippen LogP contribution in [0.1, 0.15) is 19.4 Å². The van der Waals surface area contributed by atoms with Crippen molar-refractivity contribution in [2.45, 2.75) is 26.0 Å². The molecule has 1 aliphatic heterocycles. The van der Waals surface area contributed by atoms with Crippen LogP contribution in [-0.2, 0) is 19.1 Å². The normalized spacial score (nSPS) is 17.6. The molecule has 0 N–H and O–H groups in total. The summed E-state index contributed by atoms with van der Waals surface area (Å²) < 4.78 is 50.0. The van der Waals surface area contributed by atoms with Crippen molar-refractivity contribution in [3.63, 3.8) is 0 Å². The maximum atomic E-state index is 12.2. The monoisotopic (exact) mass is 316 g/mol. The number of hydrogen-bond acceptors (Lipinski definition) is 5. The molecule has 0 atom stereocenters. The van der Waals surface area contributed by atoms with Crippen molar-refractivity contribution in [3.05, 3.63) is 35.4 Å². The molecule has 0 bridgehead atoms. The molecule has 1 aromatic rings. The Balaban J connectivity index is 2.28. The second-order valence-corrected chi connectivity index (χ2v) is 4.86. The minimum atomic E-state index is -4.83. The Morgan fingerprint density at radius 1 is 1.14 bits per heavy atom. The van der Waals surface area contributed by atoms with Gasteiger partial charge in [-0.2, -0.15) is 0 Å². The van der Waals surface area contributed by atoms with Crippen LogP contribution in [-0.4, -0.2) is 24.1 Å². The van der Waals surface area contributed by atoms with Crippen molar-refractivity contribution < 1.29 is 37.0 Å². The molecule has 5 nitrogen and oxygen atoms in total. The average molecular weight is 316 g/mol. The van der Waals surface area contributed by atoms with E-state index >= 15 is 0 Å². The molecular weight excluding hydrogens is 305 g/mol. The molecule has 0 spiro atoms. The summed E-state index contributed by atoms with van der Waals surface area (Å²) in [6.07, 6.45) is -3.76. The van der Waals surface area contributed by atoms with E-state index in [4.69, 9.17) is 9.47 Å². The molecule has 0 aliphatic carbocycles. The van der Waals surface area contributed by atoms with Gasteiger partial charge in [-0.05, 0) is 23.8 Å². The molecular formula is C14H11F3O5. The molecule has 0 unspecified atom stereocenters. The molecule has 1 heterocycles. The fraction of sp³-hybridized carbons (Fsp3) is 0.286. The minimum absolute atomic E-state index is 0.158. The predicted octanol–water partition coefficient (Wildman–Crippen LogP) is 2.80. The molecule has 0 saturated carbocycles. The van der Waals surface area contributed by atoms with Gasteiger partial charge in [0.1, 0.15) is 11.3 Å². The maximum absolute atomic E-state index is 12.2. The van der Waals surface area contributed by atoms with Crippen LogP contribution in [0.4, 0.5) is 13.2 Å². The Morgan fingerprint density at radius 3 is 2.27 bits per heavy atom. The van der Waals surface area contributed by atoms with Gasteiger partial charge in [0.2, 0.25) is 0 Å². The smallest absolute Gasteiger partial charge is 0.419 e. The zero-order chi connectivity index (χ0) is 16.5. The van der Waals surface area contributed by atoms with Crippen LogP contribution in [0, 0.1) is 0 Å². The lowest BCUT2D eigenvalue weighted by Gasteiger charge is -2.29. The van der Waals surface area contributed by atoms with Crippen molar-refractivity contribution in [3.8, 4) is 5.75 Å². The van der Waals surface area contributed by atoms with Crippen LogP contribution in [0.25, 0.3) is 6.08 Å². The molecule has 1 fully saturated rings. The third kappa shape index (κ3) is 4.00. The van der Waals surface area contributed by atoms with Crippen LogP contribution in [0.15, 0.2) is 29.8 Å². The SMILES string of the molecule is CC1(C)OC(=O)C(=Cc2cccc(OC(F)(F)F)c2)C(=O)O1. The van der Waals surface area contributed by atoms with E-state index in [1.807, 2.05) is 0 Å². The highest BCUT2D eigenvalue weighted by Gasteiger charge is 2.38. The number of halogens is 3. The molecule has 0 amide bonds. The van der Waals surface area contributed by atoms with E-state index in [0.29, 0.717) is 0 Å². The number of ether oxygens (including phenoxy) is 3. The Morgan fingerprint density at radius 2 is 1.73 bits per heavy atom. The first kappa shape index (κ1) is 15.9. The second kappa shape index (κ2) is 5.36. The van der Waals surface area contributed by atoms with Gasteiger partial charge in [-0.1, -0.05) is 12.1 Å². The predicted molar refractivity (Wildman–Crippen MR) is 67.4 cm³/mol. The van der Waals surface area contributed by atoms with Gasteiger partial charge in [0.25, 0.3) is 5.79 Å². The van der Waals surface area contributed by atoms with Crippen LogP contribution in [0.3, 0.4) is 0 Å². The van der Waals surface area contributed by atoms with Crippen molar-refractivity contribution in [1.29, 1.82) is 0 Å². The first-order valence-corrected chi connectivity index (χ1v) is 6.10. The van der Waals surface area contributed by atoms with E-state index < -0.39 is 35.4 Å². The van der Waals surface area contributed by atoms with Crippen LogP contribution in [0.2, 0.25) is 0 Å². The van der Waals surface area contributed by atoms with Gasteiger partial charge in [0.05, 0.1) is 0 Å². The first-order chi connectivity index (χ1) is 10.1. The number of cyclic esters (lactones) is 2. The summed E-state index contributed by atoms with van der Waals surface area (Å²) >= 11 is 0. The zero-order valence-electron chi connectivity index (χ0n) is 11.6. The van der Waals surface area contributed by atoms with Gasteiger partial charge in [-0.15, -0.1) is 13.2 Å². The van der Waals surface area contributed by atoms with Gasteiger partial charge in [0.15, 0.2) is 0 Å². The summed E-state index contributed by atoms with van der Waals surface area (Å²) in [5, 5.41) is 0. The molecule has 118 valence electrons. The molecule has 1 aliphatic rings. The lowest BCUT2D eigenvalue weighted by atomic mass is 10.1. The van der Waals surface area contributed by atoms with E-state index in [-0.39, 0.29) is 5.56 Å². The third-order valence-corrected chi connectivity index (χ3v) is 2.52. The Labute approximate surface area is 123 Å². The van der Waals surface area contributed by atoms with Gasteiger partial charge in [-0.25, -0.2) is 9.59 Å². The highest BCUT2D eigenvalue weighted by atomic mass is 19.4. The quantitative estimate of drug-likeness (QED) is 0.477. The summed E-state index contributed by atoms with van der Waals surface area (Å²) in [5.74, 6) is -3.68. The number of benzene rings is 1. The number of rotatable bonds is 2. The summed E-state index contributed by atoms with van der Waals surface area (Å²) in [5.41, 5.74) is -0.256. The topological polar surface area (TPSA) is 61.8 Å². The number of carbonyl (C=O) groups is 2. The highest BCUT2D eigenvalue weighted by Crippen LogP contribution is 2.27. The third-order valence-electron chi connectivity index (χ3n) is 2.52. The van der Waals surface area contributed by atoms with Crippen molar-refractivity contribution in [2.24, 2.45) is 0 Å². The molecule has 1 saturated heterocycles. The first-order valence-electron chi connectivity index (χ1n) is 6.10. The summed E-state index contributed by atoms with van der Waals surface area (Å²) in [6, 6.07) is 4.81. The number of esters is 2. The van der Waals surface area contributed by atoms with Crippen LogP contribution < -0.4 is 4.74 Å². The highest BCUT2D eigenvalue weighted by molar-refractivity contribution is 6.18. The van der Waals surface area contributed by atoms with Gasteiger partial charge in [0, 0.05) is 13.8 Å². The number of carbonyl (C=O) groups excluding carboxylic acids is 2. The average Bonchev–Trinajstić information content (AvgIpc) is 2.31. The standard InChI is InChI=1S/C14H11F3O5/c1-13(2)21-11(18)10(12(19)22-13)7-8-4-3-5-9(6-8)20-14(15,16)17/h3-7H,1-2H3. The minimum Gasteiger partial charge on any atom is -0.419 e. The number of alkyl halides is 3. The molecule has 1 aromatic carbocycles. The largest absolute Gasteiger partial charge is 0.573 e. The Kier molecular flexibility index (Phi) is 3.87. The maximum Gasteiger partial charge on any atom is 0.573 e. The lowest BCUT2D eigenvalue weighted by molar-refractivity contribution is -0.274. The van der Waals surface area contributed by atoms with Crippen LogP contribution >= 0.6 is 0 Å². The van der Waals surface area contributed by atoms with E-state index in [1.165, 1.54) is 26.0 Å². The van der Waals surface area contributed by atoms with Gasteiger partial charge >= 0.3 is 18.3 Å². The Hall–Kier alpha value is -2.51. The molecule has 8 heteroatoms. The zero-order valence-corrected chi connectivity index (χ0v) is 11.6. The molecule has 22 heavy (non-hydrogen) atoms. The van der Waals surface area contributed by atoms with Crippen LogP contribution in [0.5, 0.6) is 5.75 Å². The van der Waals surface area contributed by atoms with E-state index in [1.54, 1.807) is 0 Å². The van der Waals surface area contributed by atoms with Crippen molar-refractivity contribution in [1.82, 2.24) is 0 Å². The summed E-state index contributed by atoms with van der Waals surface area (Å²) in [6.45, 7) is 2.77.